The van der Waals surface area contributed by atoms with Gasteiger partial charge in [-0.1, -0.05) is 40.5 Å². The Bertz CT molecular complexity index is 33.4. The van der Waals surface area contributed by atoms with Gasteiger partial charge >= 0.3 is 0 Å². The van der Waals surface area contributed by atoms with Gasteiger partial charge in [-0.3, -0.25) is 0 Å². The van der Waals surface area contributed by atoms with Crippen LogP contribution in [-0.4, -0.2) is 13.2 Å². The highest BCUT2D eigenvalue weighted by Gasteiger charge is 1.95. The van der Waals surface area contributed by atoms with E-state index in [2.05, 4.69) is 0 Å². The van der Waals surface area contributed by atoms with Crippen LogP contribution in [0.3, 0.4) is 0 Å². The molecule has 0 spiro atoms. The molecule has 1 heterocycles. The van der Waals surface area contributed by atoms with Crippen LogP contribution in [0, 0.1) is 0 Å². The van der Waals surface area contributed by atoms with Crippen molar-refractivity contribution in [2.45, 2.75) is 53.4 Å². The fraction of sp³-hybridized carbons (Fsp3) is 1.00. The summed E-state index contributed by atoms with van der Waals surface area (Å²) in [5, 5.41) is 0. The van der Waals surface area contributed by atoms with E-state index in [1.807, 2.05) is 0 Å². The average Bonchev–Trinajstić information content (AvgIpc) is 2.00. The Morgan fingerprint density at radius 3 is 1.36 bits per heavy atom. The van der Waals surface area contributed by atoms with Crippen molar-refractivity contribution < 1.29 is 4.74 Å². The van der Waals surface area contributed by atoms with Crippen LogP contribution in [0.1, 0.15) is 53.4 Å². The minimum atomic E-state index is 0. The maximum atomic E-state index is 5.35. The molecule has 0 aromatic rings. The van der Waals surface area contributed by atoms with E-state index in [0.29, 0.717) is 0 Å². The first-order chi connectivity index (χ1) is 4.50. The van der Waals surface area contributed by atoms with Gasteiger partial charge in [-0.2, -0.15) is 0 Å². The second kappa shape index (κ2) is 9.96. The van der Waals surface area contributed by atoms with E-state index in [-0.39, 0.29) is 14.9 Å². The zero-order valence-electron chi connectivity index (χ0n) is 6.07. The molecule has 1 heteroatoms. The van der Waals surface area contributed by atoms with Gasteiger partial charge in [0.25, 0.3) is 0 Å². The second-order valence-corrected chi connectivity index (χ2v) is 2.73. The lowest BCUT2D eigenvalue weighted by Gasteiger charge is -1.97. The predicted octanol–water partition coefficient (Wildman–Crippen LogP) is 3.63. The molecule has 1 aliphatic rings. The summed E-state index contributed by atoms with van der Waals surface area (Å²) in [4.78, 5) is 0. The molecule has 1 saturated heterocycles. The number of ether oxygens (including phenoxy) is 1. The molecule has 0 unspecified atom stereocenters. The zero-order chi connectivity index (χ0) is 6.36. The molecular weight excluding hydrogens is 136 g/mol. The maximum absolute atomic E-state index is 5.35. The summed E-state index contributed by atoms with van der Waals surface area (Å²) in [6.45, 7) is 2.00. The molecule has 1 aliphatic heterocycles. The van der Waals surface area contributed by atoms with Crippen LogP contribution in [0.25, 0.3) is 0 Å². The van der Waals surface area contributed by atoms with Gasteiger partial charge in [0, 0.05) is 13.2 Å². The summed E-state index contributed by atoms with van der Waals surface area (Å²) in [6.07, 6.45) is 8.15. The molecule has 1 fully saturated rings. The molecule has 70 valence electrons. The molecule has 11 heavy (non-hydrogen) atoms. The van der Waals surface area contributed by atoms with Crippen LogP contribution in [0.5, 0.6) is 0 Å². The van der Waals surface area contributed by atoms with Gasteiger partial charge in [0.05, 0.1) is 0 Å². The first-order valence-electron chi connectivity index (χ1n) is 4.08. The van der Waals surface area contributed by atoms with Crippen LogP contribution in [0.2, 0.25) is 0 Å². The molecule has 0 atom stereocenters. The van der Waals surface area contributed by atoms with Gasteiger partial charge in [-0.05, 0) is 12.8 Å². The monoisotopic (exact) mass is 160 g/mol. The van der Waals surface area contributed by atoms with Gasteiger partial charge in [-0.15, -0.1) is 0 Å². The standard InChI is InChI=1S/C8H16O.2CH4/c1-2-4-6-8-9-7-5-3-1;;/h1-8H2;2*1H4. The third-order valence-corrected chi connectivity index (χ3v) is 1.83. The molecule has 0 radical (unpaired) electrons. The first-order valence-corrected chi connectivity index (χ1v) is 4.08. The Hall–Kier alpha value is -0.0400. The van der Waals surface area contributed by atoms with E-state index in [1.165, 1.54) is 38.5 Å². The van der Waals surface area contributed by atoms with Crippen LogP contribution < -0.4 is 0 Å². The van der Waals surface area contributed by atoms with Crippen molar-refractivity contribution in [3.63, 3.8) is 0 Å². The van der Waals surface area contributed by atoms with Gasteiger partial charge in [0.1, 0.15) is 0 Å². The minimum absolute atomic E-state index is 0. The van der Waals surface area contributed by atoms with E-state index in [9.17, 15) is 0 Å². The molecule has 0 aromatic heterocycles. The summed E-state index contributed by atoms with van der Waals surface area (Å²) < 4.78 is 5.35. The van der Waals surface area contributed by atoms with Crippen molar-refractivity contribution in [2.75, 3.05) is 13.2 Å². The lowest BCUT2D eigenvalue weighted by Crippen LogP contribution is -1.94. The first kappa shape index (κ1) is 13.5. The van der Waals surface area contributed by atoms with E-state index in [4.69, 9.17) is 4.74 Å². The summed E-state index contributed by atoms with van der Waals surface area (Å²) in [5.74, 6) is 0. The van der Waals surface area contributed by atoms with Crippen LogP contribution >= 0.6 is 0 Å². The average molecular weight is 160 g/mol. The van der Waals surface area contributed by atoms with Crippen LogP contribution in [0.15, 0.2) is 0 Å². The Balaban J connectivity index is 0. The Morgan fingerprint density at radius 2 is 0.909 bits per heavy atom. The lowest BCUT2D eigenvalue weighted by molar-refractivity contribution is 0.131. The topological polar surface area (TPSA) is 9.23 Å². The molecule has 0 bridgehead atoms. The fourth-order valence-electron chi connectivity index (χ4n) is 1.22. The highest BCUT2D eigenvalue weighted by atomic mass is 16.5. The molecule has 0 N–H and O–H groups in total. The summed E-state index contributed by atoms with van der Waals surface area (Å²) in [6, 6.07) is 0. The maximum Gasteiger partial charge on any atom is 0.0466 e. The fourth-order valence-corrected chi connectivity index (χ4v) is 1.22. The quantitative estimate of drug-likeness (QED) is 0.526. The number of hydrogen-bond donors (Lipinski definition) is 0. The number of hydrogen-bond acceptors (Lipinski definition) is 1. The SMILES string of the molecule is C.C.C1CCCCOCCC1. The number of rotatable bonds is 0. The normalized spacial score (nSPS) is 19.6. The van der Waals surface area contributed by atoms with E-state index in [1.54, 1.807) is 0 Å². The highest BCUT2D eigenvalue weighted by Crippen LogP contribution is 2.08. The molecule has 1 rings (SSSR count). The third-order valence-electron chi connectivity index (χ3n) is 1.83. The van der Waals surface area contributed by atoms with Crippen molar-refractivity contribution >= 4 is 0 Å². The van der Waals surface area contributed by atoms with Crippen molar-refractivity contribution in [1.82, 2.24) is 0 Å². The zero-order valence-corrected chi connectivity index (χ0v) is 6.07. The largest absolute Gasteiger partial charge is 0.381 e. The van der Waals surface area contributed by atoms with Gasteiger partial charge in [0.2, 0.25) is 0 Å². The van der Waals surface area contributed by atoms with Crippen molar-refractivity contribution in [1.29, 1.82) is 0 Å². The Kier molecular flexibility index (Phi) is 12.3. The Labute approximate surface area is 72.1 Å². The molecule has 0 amide bonds. The van der Waals surface area contributed by atoms with E-state index >= 15 is 0 Å². The van der Waals surface area contributed by atoms with Gasteiger partial charge < -0.3 is 4.74 Å². The van der Waals surface area contributed by atoms with Crippen molar-refractivity contribution in [3.8, 4) is 0 Å². The van der Waals surface area contributed by atoms with E-state index < -0.39 is 0 Å². The Morgan fingerprint density at radius 1 is 0.545 bits per heavy atom. The minimum Gasteiger partial charge on any atom is -0.381 e. The highest BCUT2D eigenvalue weighted by molar-refractivity contribution is 4.47. The summed E-state index contributed by atoms with van der Waals surface area (Å²) >= 11 is 0. The van der Waals surface area contributed by atoms with Gasteiger partial charge in [0.15, 0.2) is 0 Å². The second-order valence-electron chi connectivity index (χ2n) is 2.73. The van der Waals surface area contributed by atoms with Crippen molar-refractivity contribution in [2.24, 2.45) is 0 Å². The van der Waals surface area contributed by atoms with Crippen LogP contribution in [-0.2, 0) is 4.74 Å². The lowest BCUT2D eigenvalue weighted by atomic mass is 10.1. The smallest absolute Gasteiger partial charge is 0.0466 e. The van der Waals surface area contributed by atoms with Gasteiger partial charge in [-0.25, -0.2) is 0 Å². The molecule has 0 saturated carbocycles. The molecule has 0 aliphatic carbocycles. The summed E-state index contributed by atoms with van der Waals surface area (Å²) in [7, 11) is 0. The van der Waals surface area contributed by atoms with Crippen molar-refractivity contribution in [3.05, 3.63) is 0 Å². The molecule has 1 nitrogen and oxygen atoms in total. The summed E-state index contributed by atoms with van der Waals surface area (Å²) in [5.41, 5.74) is 0. The molecule has 0 aromatic carbocycles. The molecular formula is C10H24O. The van der Waals surface area contributed by atoms with Crippen LogP contribution in [0.4, 0.5) is 0 Å². The van der Waals surface area contributed by atoms with E-state index in [0.717, 1.165) is 13.2 Å². The predicted molar refractivity (Wildman–Crippen MR) is 52.0 cm³/mol. The third kappa shape index (κ3) is 7.86.